The molecule has 2 aliphatic rings. The van der Waals surface area contributed by atoms with E-state index < -0.39 is 16.1 Å². The molecule has 2 aliphatic carbocycles. The summed E-state index contributed by atoms with van der Waals surface area (Å²) < 4.78 is 26.8. The molecule has 1 atom stereocenters. The molecule has 0 bridgehead atoms. The number of hydrogen-bond acceptors (Lipinski definition) is 3. The maximum atomic E-state index is 12.2. The van der Waals surface area contributed by atoms with E-state index in [4.69, 9.17) is 0 Å². The zero-order valence-electron chi connectivity index (χ0n) is 10.8. The molecule has 5 heteroatoms. The lowest BCUT2D eigenvalue weighted by Gasteiger charge is -2.12. The number of hydrogen-bond donors (Lipinski definition) is 2. The molecule has 2 N–H and O–H groups in total. The van der Waals surface area contributed by atoms with E-state index >= 15 is 0 Å². The van der Waals surface area contributed by atoms with Gasteiger partial charge in [-0.05, 0) is 61.3 Å². The number of nitrogens with one attached hydrogen (secondary N) is 1. The van der Waals surface area contributed by atoms with Crippen molar-refractivity contribution in [3.63, 3.8) is 0 Å². The second-order valence-electron chi connectivity index (χ2n) is 5.54. The molecule has 0 aliphatic heterocycles. The maximum Gasteiger partial charge on any atom is 0.240 e. The molecule has 19 heavy (non-hydrogen) atoms. The Morgan fingerprint density at radius 1 is 1.26 bits per heavy atom. The molecule has 1 fully saturated rings. The van der Waals surface area contributed by atoms with Crippen LogP contribution in [-0.4, -0.2) is 26.2 Å². The monoisotopic (exact) mass is 281 g/mol. The van der Waals surface area contributed by atoms with Crippen molar-refractivity contribution in [2.75, 3.05) is 6.54 Å². The minimum Gasteiger partial charge on any atom is -0.391 e. The van der Waals surface area contributed by atoms with E-state index in [0.717, 1.165) is 37.7 Å². The fourth-order valence-electron chi connectivity index (χ4n) is 2.64. The van der Waals surface area contributed by atoms with Gasteiger partial charge in [0.25, 0.3) is 0 Å². The van der Waals surface area contributed by atoms with Crippen LogP contribution < -0.4 is 4.72 Å². The first kappa shape index (κ1) is 13.1. The highest BCUT2D eigenvalue weighted by molar-refractivity contribution is 7.89. The molecule has 1 unspecified atom stereocenters. The molecule has 0 heterocycles. The molecule has 0 aromatic heterocycles. The number of aliphatic hydroxyl groups excluding tert-OH is 1. The van der Waals surface area contributed by atoms with Gasteiger partial charge in [-0.1, -0.05) is 6.07 Å². The van der Waals surface area contributed by atoms with Gasteiger partial charge in [-0.2, -0.15) is 0 Å². The van der Waals surface area contributed by atoms with Gasteiger partial charge in [-0.25, -0.2) is 13.1 Å². The highest BCUT2D eigenvalue weighted by Gasteiger charge is 2.30. The van der Waals surface area contributed by atoms with Crippen LogP contribution in [0.15, 0.2) is 23.1 Å². The Labute approximate surface area is 113 Å². The van der Waals surface area contributed by atoms with Crippen molar-refractivity contribution >= 4 is 10.0 Å². The predicted octanol–water partition coefficient (Wildman–Crippen LogP) is 1.22. The first-order valence-electron chi connectivity index (χ1n) is 6.86. The lowest BCUT2D eigenvalue weighted by Crippen LogP contribution is -2.33. The first-order valence-corrected chi connectivity index (χ1v) is 8.34. The minimum atomic E-state index is -3.49. The summed E-state index contributed by atoms with van der Waals surface area (Å²) in [6.07, 6.45) is 4.56. The predicted molar refractivity (Wildman–Crippen MR) is 72.4 cm³/mol. The molecule has 3 rings (SSSR count). The molecule has 0 radical (unpaired) electrons. The maximum absolute atomic E-state index is 12.2. The Bertz CT molecular complexity index is 578. The average molecular weight is 281 g/mol. The molecule has 1 aromatic rings. The Hall–Kier alpha value is -0.910. The number of fused-ring (bicyclic) bond motifs is 1. The van der Waals surface area contributed by atoms with E-state index in [0.29, 0.717) is 4.90 Å². The number of sulfonamides is 1. The number of aliphatic hydroxyl groups is 1. The molecule has 1 aromatic carbocycles. The minimum absolute atomic E-state index is 0.115. The number of aryl methyl sites for hydroxylation is 2. The van der Waals surface area contributed by atoms with Crippen molar-refractivity contribution in [2.24, 2.45) is 5.92 Å². The summed E-state index contributed by atoms with van der Waals surface area (Å²) >= 11 is 0. The Balaban J connectivity index is 1.72. The topological polar surface area (TPSA) is 66.4 Å². The summed E-state index contributed by atoms with van der Waals surface area (Å²) in [6, 6.07) is 5.35. The third-order valence-corrected chi connectivity index (χ3v) is 5.45. The van der Waals surface area contributed by atoms with Gasteiger partial charge in [0, 0.05) is 6.54 Å². The smallest absolute Gasteiger partial charge is 0.240 e. The second kappa shape index (κ2) is 4.89. The summed E-state index contributed by atoms with van der Waals surface area (Å²) in [5.41, 5.74) is 2.41. The highest BCUT2D eigenvalue weighted by Crippen LogP contribution is 2.32. The van der Waals surface area contributed by atoms with Crippen LogP contribution in [0.1, 0.15) is 30.4 Å². The summed E-state index contributed by atoms with van der Waals surface area (Å²) in [7, 11) is -3.49. The van der Waals surface area contributed by atoms with Crippen LogP contribution in [0.3, 0.4) is 0 Å². The standard InChI is InChI=1S/C14H19NO3S/c16-14(11-4-5-11)9-15-19(17,18)13-7-6-10-2-1-3-12(10)8-13/h6-8,11,14-16H,1-5,9H2. The fraction of sp³-hybridized carbons (Fsp3) is 0.571. The SMILES string of the molecule is O=S(=O)(NCC(O)C1CC1)c1ccc2c(c1)CCC2. The van der Waals surface area contributed by atoms with Crippen LogP contribution in [0, 0.1) is 5.92 Å². The summed E-state index contributed by atoms with van der Waals surface area (Å²) in [4.78, 5) is 0.316. The zero-order valence-corrected chi connectivity index (χ0v) is 11.6. The third kappa shape index (κ3) is 2.83. The summed E-state index contributed by atoms with van der Waals surface area (Å²) in [5, 5.41) is 9.73. The summed E-state index contributed by atoms with van der Waals surface area (Å²) in [5.74, 6) is 0.280. The molecular weight excluding hydrogens is 262 g/mol. The lowest BCUT2D eigenvalue weighted by molar-refractivity contribution is 0.155. The zero-order chi connectivity index (χ0) is 13.5. The van der Waals surface area contributed by atoms with Crippen molar-refractivity contribution in [3.8, 4) is 0 Å². The molecule has 0 spiro atoms. The lowest BCUT2D eigenvalue weighted by atomic mass is 10.1. The van der Waals surface area contributed by atoms with Gasteiger partial charge < -0.3 is 5.11 Å². The largest absolute Gasteiger partial charge is 0.391 e. The van der Waals surface area contributed by atoms with Gasteiger partial charge in [0.1, 0.15) is 0 Å². The van der Waals surface area contributed by atoms with Crippen LogP contribution in [0.5, 0.6) is 0 Å². The number of rotatable bonds is 5. The fourth-order valence-corrected chi connectivity index (χ4v) is 3.74. The quantitative estimate of drug-likeness (QED) is 0.853. The Kier molecular flexibility index (Phi) is 3.37. The van der Waals surface area contributed by atoms with Crippen LogP contribution in [-0.2, 0) is 22.9 Å². The van der Waals surface area contributed by atoms with Crippen molar-refractivity contribution in [2.45, 2.75) is 43.1 Å². The normalized spacial score (nSPS) is 20.3. The van der Waals surface area contributed by atoms with Crippen molar-refractivity contribution in [1.29, 1.82) is 0 Å². The summed E-state index contributed by atoms with van der Waals surface area (Å²) in [6.45, 7) is 0.115. The van der Waals surface area contributed by atoms with Gasteiger partial charge in [0.05, 0.1) is 11.0 Å². The van der Waals surface area contributed by atoms with E-state index in [-0.39, 0.29) is 12.5 Å². The van der Waals surface area contributed by atoms with Gasteiger partial charge in [-0.15, -0.1) is 0 Å². The Morgan fingerprint density at radius 3 is 2.74 bits per heavy atom. The molecule has 1 saturated carbocycles. The average Bonchev–Trinajstić information content (AvgIpc) is 3.13. The van der Waals surface area contributed by atoms with Crippen molar-refractivity contribution in [1.82, 2.24) is 4.72 Å². The Morgan fingerprint density at radius 2 is 2.00 bits per heavy atom. The van der Waals surface area contributed by atoms with E-state index in [2.05, 4.69) is 4.72 Å². The first-order chi connectivity index (χ1) is 9.06. The number of benzene rings is 1. The van der Waals surface area contributed by atoms with Crippen molar-refractivity contribution in [3.05, 3.63) is 29.3 Å². The third-order valence-electron chi connectivity index (χ3n) is 4.03. The second-order valence-corrected chi connectivity index (χ2v) is 7.31. The van der Waals surface area contributed by atoms with Gasteiger partial charge in [0.15, 0.2) is 0 Å². The molecular formula is C14H19NO3S. The molecule has 0 amide bonds. The van der Waals surface area contributed by atoms with Gasteiger partial charge >= 0.3 is 0 Å². The van der Waals surface area contributed by atoms with Crippen molar-refractivity contribution < 1.29 is 13.5 Å². The van der Waals surface area contributed by atoms with Crippen LogP contribution in [0.25, 0.3) is 0 Å². The van der Waals surface area contributed by atoms with Crippen LogP contribution >= 0.6 is 0 Å². The van der Waals surface area contributed by atoms with Crippen LogP contribution in [0.2, 0.25) is 0 Å². The molecule has 4 nitrogen and oxygen atoms in total. The van der Waals surface area contributed by atoms with Gasteiger partial charge in [-0.3, -0.25) is 0 Å². The molecule has 104 valence electrons. The van der Waals surface area contributed by atoms with Crippen LogP contribution in [0.4, 0.5) is 0 Å². The van der Waals surface area contributed by atoms with E-state index in [9.17, 15) is 13.5 Å². The highest BCUT2D eigenvalue weighted by atomic mass is 32.2. The van der Waals surface area contributed by atoms with E-state index in [1.54, 1.807) is 12.1 Å². The molecule has 0 saturated heterocycles. The van der Waals surface area contributed by atoms with Gasteiger partial charge in [0.2, 0.25) is 10.0 Å². The van der Waals surface area contributed by atoms with E-state index in [1.807, 2.05) is 6.07 Å². The van der Waals surface area contributed by atoms with E-state index in [1.165, 1.54) is 5.56 Å².